The summed E-state index contributed by atoms with van der Waals surface area (Å²) in [5.41, 5.74) is 4.80. The van der Waals surface area contributed by atoms with Crippen molar-refractivity contribution >= 4 is 20.3 Å². The molecule has 16 heavy (non-hydrogen) atoms. The highest BCUT2D eigenvalue weighted by atomic mass is 31.2. The number of hydrogen-bond acceptors (Lipinski definition) is 6. The lowest BCUT2D eigenvalue weighted by atomic mass is 10.1. The second-order valence-corrected chi connectivity index (χ2v) is 3.43. The molecule has 0 atom stereocenters. The van der Waals surface area contributed by atoms with Crippen molar-refractivity contribution in [1.82, 2.24) is 5.06 Å². The molecule has 0 bridgehead atoms. The molecule has 1 aliphatic heterocycles. The molecule has 2 rings (SSSR count). The molecule has 1 aromatic rings. The Morgan fingerprint density at radius 2 is 1.38 bits per heavy atom. The second-order valence-electron chi connectivity index (χ2n) is 2.79. The molecule has 7 nitrogen and oxygen atoms in total. The first-order valence-electron chi connectivity index (χ1n) is 4.04. The lowest BCUT2D eigenvalue weighted by Crippen LogP contribution is -2.25. The normalized spacial score (nSPS) is 13.7. The van der Waals surface area contributed by atoms with E-state index in [-0.39, 0.29) is 16.2 Å². The number of hydroxylamine groups is 2. The molecule has 0 aliphatic carbocycles. The number of rotatable bonds is 0. The molecule has 5 N–H and O–H groups in total. The molecule has 2 amide bonds. The summed E-state index contributed by atoms with van der Waals surface area (Å²) in [4.78, 5) is 37.0. The molecule has 0 unspecified atom stereocenters. The second kappa shape index (κ2) is 5.11. The molecular weight excluding hydrogens is 235 g/mol. The maximum absolute atomic E-state index is 11.1. The van der Waals surface area contributed by atoms with Crippen LogP contribution in [0.5, 0.6) is 0 Å². The minimum absolute atomic E-state index is 0.130. The van der Waals surface area contributed by atoms with Crippen LogP contribution in [0.4, 0.5) is 0 Å². The maximum atomic E-state index is 11.1. The molecule has 0 aromatic heterocycles. The minimum atomic E-state index is -2.12. The van der Waals surface area contributed by atoms with E-state index in [0.29, 0.717) is 0 Å². The Hall–Kier alpha value is -1.37. The summed E-state index contributed by atoms with van der Waals surface area (Å²) in [5.74, 6) is -1.31. The fraction of sp³-hybridized carbons (Fsp3) is 0. The summed E-state index contributed by atoms with van der Waals surface area (Å²) in [6.45, 7) is 0. The average molecular weight is 244 g/mol. The molecule has 0 saturated carbocycles. The van der Waals surface area contributed by atoms with Gasteiger partial charge in [-0.25, -0.2) is 0 Å². The van der Waals surface area contributed by atoms with Gasteiger partial charge in [-0.05, 0) is 12.1 Å². The van der Waals surface area contributed by atoms with Gasteiger partial charge >= 0.3 is 0 Å². The van der Waals surface area contributed by atoms with E-state index in [1.807, 2.05) is 0 Å². The fourth-order valence-corrected chi connectivity index (χ4v) is 1.18. The predicted octanol–water partition coefficient (Wildman–Crippen LogP) is -0.172. The number of nitrogens with two attached hydrogens (primary N) is 1. The third-order valence-electron chi connectivity index (χ3n) is 1.77. The van der Waals surface area contributed by atoms with Crippen molar-refractivity contribution in [2.45, 2.75) is 0 Å². The Bertz CT molecular complexity index is 385. The number of amides is 2. The van der Waals surface area contributed by atoms with Crippen molar-refractivity contribution in [3.63, 3.8) is 0 Å². The highest BCUT2D eigenvalue weighted by Crippen LogP contribution is 2.19. The molecule has 8 heteroatoms. The van der Waals surface area contributed by atoms with Crippen molar-refractivity contribution < 1.29 is 24.6 Å². The van der Waals surface area contributed by atoms with Crippen LogP contribution in [0.1, 0.15) is 20.7 Å². The van der Waals surface area contributed by atoms with Crippen LogP contribution in [0.15, 0.2) is 24.3 Å². The zero-order chi connectivity index (χ0) is 12.3. The van der Waals surface area contributed by atoms with Gasteiger partial charge in [0.15, 0.2) is 0 Å². The maximum Gasteiger partial charge on any atom is 0.285 e. The van der Waals surface area contributed by atoms with Crippen LogP contribution in [0.3, 0.4) is 0 Å². The van der Waals surface area contributed by atoms with Crippen LogP contribution >= 0.6 is 8.53 Å². The van der Waals surface area contributed by atoms with Crippen molar-refractivity contribution in [2.75, 3.05) is 0 Å². The lowest BCUT2D eigenvalue weighted by molar-refractivity contribution is -0.0327. The van der Waals surface area contributed by atoms with Gasteiger partial charge in [-0.1, -0.05) is 12.1 Å². The Morgan fingerprint density at radius 1 is 1.06 bits per heavy atom. The van der Waals surface area contributed by atoms with Crippen LogP contribution in [0.25, 0.3) is 0 Å². The van der Waals surface area contributed by atoms with E-state index in [0.717, 1.165) is 0 Å². The standard InChI is InChI=1S/C8H5NO3.H4NO2P/c10-7-5-3-1-2-4-6(5)8(11)9(7)12;1-4(2)3/h1-4,12H;2-3H,1H2. The van der Waals surface area contributed by atoms with Gasteiger partial charge in [0.25, 0.3) is 11.8 Å². The molecule has 1 aliphatic rings. The highest BCUT2D eigenvalue weighted by molar-refractivity contribution is 7.42. The molecule has 86 valence electrons. The minimum Gasteiger partial charge on any atom is -0.338 e. The third kappa shape index (κ3) is 2.60. The predicted molar refractivity (Wildman–Crippen MR) is 54.3 cm³/mol. The number of benzene rings is 1. The summed E-state index contributed by atoms with van der Waals surface area (Å²) >= 11 is 0. The first-order chi connectivity index (χ1) is 7.45. The van der Waals surface area contributed by atoms with E-state index in [1.165, 1.54) is 12.1 Å². The zero-order valence-corrected chi connectivity index (χ0v) is 8.83. The summed E-state index contributed by atoms with van der Waals surface area (Å²) < 4.78 is 0. The summed E-state index contributed by atoms with van der Waals surface area (Å²) in [7, 11) is -2.12. The Morgan fingerprint density at radius 3 is 1.69 bits per heavy atom. The SMILES string of the molecule is NP(O)O.O=C1c2ccccc2C(=O)N1O. The van der Waals surface area contributed by atoms with Crippen LogP contribution in [-0.2, 0) is 0 Å². The number of carbonyl (C=O) groups is 2. The Kier molecular flexibility index (Phi) is 4.05. The Labute approximate surface area is 91.7 Å². The first kappa shape index (κ1) is 12.7. The van der Waals surface area contributed by atoms with Crippen LogP contribution in [0, 0.1) is 0 Å². The summed E-state index contributed by atoms with van der Waals surface area (Å²) in [6, 6.07) is 6.30. The molecule has 0 radical (unpaired) electrons. The molecular formula is C8H9N2O5P. The van der Waals surface area contributed by atoms with Crippen molar-refractivity contribution in [1.29, 1.82) is 0 Å². The van der Waals surface area contributed by atoms with Gasteiger partial charge in [-0.15, -0.1) is 5.06 Å². The molecule has 1 aromatic carbocycles. The topological polar surface area (TPSA) is 124 Å². The largest absolute Gasteiger partial charge is 0.338 e. The highest BCUT2D eigenvalue weighted by Gasteiger charge is 2.33. The zero-order valence-electron chi connectivity index (χ0n) is 7.94. The molecule has 1 heterocycles. The molecule has 0 saturated heterocycles. The number of nitrogens with zero attached hydrogens (tertiary/aromatic N) is 1. The van der Waals surface area contributed by atoms with Gasteiger partial charge in [0, 0.05) is 0 Å². The number of carbonyl (C=O) groups excluding carboxylic acids is 2. The van der Waals surface area contributed by atoms with E-state index in [2.05, 4.69) is 5.50 Å². The summed E-state index contributed by atoms with van der Waals surface area (Å²) in [6.07, 6.45) is 0. The van der Waals surface area contributed by atoms with E-state index in [4.69, 9.17) is 15.0 Å². The van der Waals surface area contributed by atoms with Gasteiger partial charge in [-0.3, -0.25) is 20.3 Å². The van der Waals surface area contributed by atoms with E-state index < -0.39 is 20.3 Å². The van der Waals surface area contributed by atoms with Crippen molar-refractivity contribution in [3.8, 4) is 0 Å². The molecule has 0 fully saturated rings. The molecule has 0 spiro atoms. The quantitative estimate of drug-likeness (QED) is 0.285. The van der Waals surface area contributed by atoms with Crippen molar-refractivity contribution in [2.24, 2.45) is 5.50 Å². The number of imide groups is 1. The van der Waals surface area contributed by atoms with Gasteiger partial charge in [0.2, 0.25) is 8.53 Å². The third-order valence-corrected chi connectivity index (χ3v) is 1.77. The van der Waals surface area contributed by atoms with E-state index >= 15 is 0 Å². The summed E-state index contributed by atoms with van der Waals surface area (Å²) in [5, 5.41) is 9.05. The van der Waals surface area contributed by atoms with E-state index in [1.54, 1.807) is 12.1 Å². The number of hydrogen-bond donors (Lipinski definition) is 4. The number of fused-ring (bicyclic) bond motifs is 1. The lowest BCUT2D eigenvalue weighted by Gasteiger charge is -1.99. The van der Waals surface area contributed by atoms with Gasteiger partial charge in [0.1, 0.15) is 0 Å². The Balaban J connectivity index is 0.000000280. The smallest absolute Gasteiger partial charge is 0.285 e. The van der Waals surface area contributed by atoms with Crippen LogP contribution < -0.4 is 5.50 Å². The van der Waals surface area contributed by atoms with Gasteiger partial charge in [-0.2, -0.15) is 0 Å². The fourth-order valence-electron chi connectivity index (χ4n) is 1.18. The van der Waals surface area contributed by atoms with Gasteiger partial charge in [0.05, 0.1) is 11.1 Å². The van der Waals surface area contributed by atoms with Crippen LogP contribution in [-0.4, -0.2) is 31.9 Å². The monoisotopic (exact) mass is 244 g/mol. The first-order valence-corrected chi connectivity index (χ1v) is 5.36. The van der Waals surface area contributed by atoms with Crippen molar-refractivity contribution in [3.05, 3.63) is 35.4 Å². The van der Waals surface area contributed by atoms with E-state index in [9.17, 15) is 9.59 Å². The average Bonchev–Trinajstić information content (AvgIpc) is 2.44. The van der Waals surface area contributed by atoms with Gasteiger partial charge < -0.3 is 9.79 Å². The van der Waals surface area contributed by atoms with Crippen LogP contribution in [0.2, 0.25) is 0 Å².